The lowest BCUT2D eigenvalue weighted by molar-refractivity contribution is 0.204. The number of rotatable bonds is 7. The third-order valence-electron chi connectivity index (χ3n) is 2.39. The summed E-state index contributed by atoms with van der Waals surface area (Å²) in [7, 11) is -2.17. The zero-order chi connectivity index (χ0) is 14.5. The van der Waals surface area contributed by atoms with Gasteiger partial charge in [0.25, 0.3) is 10.2 Å². The Kier molecular flexibility index (Phi) is 5.28. The Morgan fingerprint density at radius 1 is 1.47 bits per heavy atom. The van der Waals surface area contributed by atoms with Gasteiger partial charge in [0.2, 0.25) is 0 Å². The second-order valence-electron chi connectivity index (χ2n) is 3.94. The summed E-state index contributed by atoms with van der Waals surface area (Å²) in [5, 5.41) is 7.34. The molecular weight excluding hydrogens is 268 g/mol. The van der Waals surface area contributed by atoms with Crippen molar-refractivity contribution < 1.29 is 13.2 Å². The SMILES string of the molecule is COCCNS(=O)(=O)Nc1cc(C(=N)N)ccc1C. The number of hydrogen-bond donors (Lipinski definition) is 4. The minimum atomic E-state index is -3.66. The van der Waals surface area contributed by atoms with Crippen molar-refractivity contribution in [3.63, 3.8) is 0 Å². The number of nitrogens with one attached hydrogen (secondary N) is 3. The van der Waals surface area contributed by atoms with E-state index in [0.29, 0.717) is 11.3 Å². The Morgan fingerprint density at radius 2 is 2.16 bits per heavy atom. The Bertz CT molecular complexity index is 557. The summed E-state index contributed by atoms with van der Waals surface area (Å²) in [4.78, 5) is 0. The van der Waals surface area contributed by atoms with Crippen molar-refractivity contribution in [2.45, 2.75) is 6.92 Å². The maximum absolute atomic E-state index is 11.7. The minimum Gasteiger partial charge on any atom is -0.384 e. The van der Waals surface area contributed by atoms with Crippen molar-refractivity contribution in [2.75, 3.05) is 25.0 Å². The van der Waals surface area contributed by atoms with Crippen LogP contribution in [0.25, 0.3) is 0 Å². The fourth-order valence-electron chi connectivity index (χ4n) is 1.36. The molecule has 0 amide bonds. The monoisotopic (exact) mass is 286 g/mol. The van der Waals surface area contributed by atoms with Gasteiger partial charge in [0.1, 0.15) is 5.84 Å². The van der Waals surface area contributed by atoms with Gasteiger partial charge in [0, 0.05) is 19.2 Å². The molecule has 0 atom stereocenters. The first-order valence-electron chi connectivity index (χ1n) is 5.57. The van der Waals surface area contributed by atoms with E-state index in [9.17, 15) is 8.42 Å². The minimum absolute atomic E-state index is 0.118. The zero-order valence-corrected chi connectivity index (χ0v) is 11.7. The third-order valence-corrected chi connectivity index (χ3v) is 3.46. The van der Waals surface area contributed by atoms with Gasteiger partial charge in [-0.1, -0.05) is 12.1 Å². The number of benzene rings is 1. The van der Waals surface area contributed by atoms with Crippen LogP contribution in [0, 0.1) is 12.3 Å². The molecule has 1 aromatic rings. The maximum atomic E-state index is 11.7. The Hall–Kier alpha value is -1.64. The molecule has 1 aromatic carbocycles. The summed E-state index contributed by atoms with van der Waals surface area (Å²) < 4.78 is 33.0. The smallest absolute Gasteiger partial charge is 0.299 e. The van der Waals surface area contributed by atoms with E-state index in [1.807, 2.05) is 0 Å². The molecule has 0 fully saturated rings. The summed E-state index contributed by atoms with van der Waals surface area (Å²) in [6.07, 6.45) is 0. The average Bonchev–Trinajstić information content (AvgIpc) is 2.31. The van der Waals surface area contributed by atoms with Crippen LogP contribution in [0.2, 0.25) is 0 Å². The molecule has 5 N–H and O–H groups in total. The summed E-state index contributed by atoms with van der Waals surface area (Å²) in [6.45, 7) is 2.22. The van der Waals surface area contributed by atoms with Crippen LogP contribution >= 0.6 is 0 Å². The average molecular weight is 286 g/mol. The number of methoxy groups -OCH3 is 1. The van der Waals surface area contributed by atoms with Crippen LogP contribution in [-0.4, -0.2) is 34.5 Å². The number of hydrogen-bond acceptors (Lipinski definition) is 4. The van der Waals surface area contributed by atoms with Crippen molar-refractivity contribution >= 4 is 21.7 Å². The predicted molar refractivity (Wildman–Crippen MR) is 74.6 cm³/mol. The van der Waals surface area contributed by atoms with E-state index in [4.69, 9.17) is 15.9 Å². The molecule has 0 saturated heterocycles. The molecule has 106 valence electrons. The molecule has 0 aromatic heterocycles. The lowest BCUT2D eigenvalue weighted by atomic mass is 10.1. The summed E-state index contributed by atoms with van der Waals surface area (Å²) >= 11 is 0. The van der Waals surface area contributed by atoms with Crippen LogP contribution in [0.15, 0.2) is 18.2 Å². The number of nitrogen functional groups attached to an aromatic ring is 1. The molecule has 0 spiro atoms. The second kappa shape index (κ2) is 6.50. The molecule has 0 bridgehead atoms. The van der Waals surface area contributed by atoms with Crippen molar-refractivity contribution in [3.8, 4) is 0 Å². The van der Waals surface area contributed by atoms with E-state index >= 15 is 0 Å². The van der Waals surface area contributed by atoms with E-state index < -0.39 is 10.2 Å². The highest BCUT2D eigenvalue weighted by molar-refractivity contribution is 7.90. The van der Waals surface area contributed by atoms with Crippen LogP contribution in [0.1, 0.15) is 11.1 Å². The molecule has 0 aliphatic carbocycles. The fourth-order valence-corrected chi connectivity index (χ4v) is 2.29. The normalized spacial score (nSPS) is 11.3. The van der Waals surface area contributed by atoms with Gasteiger partial charge in [-0.2, -0.15) is 13.1 Å². The molecule has 8 heteroatoms. The molecule has 1 rings (SSSR count). The molecule has 0 aliphatic heterocycles. The highest BCUT2D eigenvalue weighted by atomic mass is 32.2. The summed E-state index contributed by atoms with van der Waals surface area (Å²) in [5.74, 6) is -0.118. The van der Waals surface area contributed by atoms with Crippen LogP contribution in [0.5, 0.6) is 0 Å². The fraction of sp³-hybridized carbons (Fsp3) is 0.364. The van der Waals surface area contributed by atoms with Crippen molar-refractivity contribution in [2.24, 2.45) is 5.73 Å². The highest BCUT2D eigenvalue weighted by Crippen LogP contribution is 2.17. The molecule has 0 aliphatic rings. The number of anilines is 1. The van der Waals surface area contributed by atoms with E-state index in [1.54, 1.807) is 19.1 Å². The molecule has 7 nitrogen and oxygen atoms in total. The third kappa shape index (κ3) is 4.86. The van der Waals surface area contributed by atoms with E-state index in [1.165, 1.54) is 13.2 Å². The summed E-state index contributed by atoms with van der Waals surface area (Å²) in [6, 6.07) is 4.88. The van der Waals surface area contributed by atoms with Crippen LogP contribution in [0.4, 0.5) is 5.69 Å². The van der Waals surface area contributed by atoms with Gasteiger partial charge in [-0.05, 0) is 18.6 Å². The molecule has 0 unspecified atom stereocenters. The van der Waals surface area contributed by atoms with Crippen molar-refractivity contribution in [1.29, 1.82) is 5.41 Å². The van der Waals surface area contributed by atoms with Gasteiger partial charge in [-0.15, -0.1) is 0 Å². The Balaban J connectivity index is 2.86. The second-order valence-corrected chi connectivity index (χ2v) is 5.44. The molecule has 0 saturated carbocycles. The zero-order valence-electron chi connectivity index (χ0n) is 10.9. The van der Waals surface area contributed by atoms with E-state index in [-0.39, 0.29) is 19.0 Å². The molecule has 0 heterocycles. The van der Waals surface area contributed by atoms with E-state index in [2.05, 4.69) is 9.44 Å². The maximum Gasteiger partial charge on any atom is 0.299 e. The van der Waals surface area contributed by atoms with Gasteiger partial charge >= 0.3 is 0 Å². The van der Waals surface area contributed by atoms with Crippen LogP contribution in [-0.2, 0) is 14.9 Å². The summed E-state index contributed by atoms with van der Waals surface area (Å²) in [5.41, 5.74) is 6.95. The van der Waals surface area contributed by atoms with Crippen LogP contribution < -0.4 is 15.2 Å². The molecule has 0 radical (unpaired) electrons. The first kappa shape index (κ1) is 15.4. The number of nitrogens with two attached hydrogens (primary N) is 1. The highest BCUT2D eigenvalue weighted by Gasteiger charge is 2.11. The van der Waals surface area contributed by atoms with Crippen LogP contribution in [0.3, 0.4) is 0 Å². The first-order chi connectivity index (χ1) is 8.85. The van der Waals surface area contributed by atoms with Gasteiger partial charge < -0.3 is 10.5 Å². The largest absolute Gasteiger partial charge is 0.384 e. The van der Waals surface area contributed by atoms with Gasteiger partial charge in [0.15, 0.2) is 0 Å². The quantitative estimate of drug-likeness (QED) is 0.325. The predicted octanol–water partition coefficient (Wildman–Crippen LogP) is 0.172. The topological polar surface area (TPSA) is 117 Å². The lowest BCUT2D eigenvalue weighted by Gasteiger charge is -2.12. The van der Waals surface area contributed by atoms with Gasteiger partial charge in [-0.3, -0.25) is 10.1 Å². The van der Waals surface area contributed by atoms with Gasteiger partial charge in [0.05, 0.1) is 12.3 Å². The van der Waals surface area contributed by atoms with Crippen molar-refractivity contribution in [1.82, 2.24) is 4.72 Å². The Labute approximate surface area is 112 Å². The van der Waals surface area contributed by atoms with Gasteiger partial charge in [-0.25, -0.2) is 0 Å². The Morgan fingerprint density at radius 3 is 2.74 bits per heavy atom. The molecular formula is C11H18N4O3S. The standard InChI is InChI=1S/C11H18N4O3S/c1-8-3-4-9(11(12)13)7-10(8)15-19(16,17)14-5-6-18-2/h3-4,7,14-15H,5-6H2,1-2H3,(H3,12,13). The first-order valence-corrected chi connectivity index (χ1v) is 7.05. The molecule has 19 heavy (non-hydrogen) atoms. The lowest BCUT2D eigenvalue weighted by Crippen LogP contribution is -2.32. The number of aryl methyl sites for hydroxylation is 1. The van der Waals surface area contributed by atoms with E-state index in [0.717, 1.165) is 5.56 Å². The number of ether oxygens (including phenoxy) is 1. The van der Waals surface area contributed by atoms with Crippen molar-refractivity contribution in [3.05, 3.63) is 29.3 Å². The number of amidine groups is 1.